The van der Waals surface area contributed by atoms with Crippen molar-refractivity contribution in [2.24, 2.45) is 0 Å². The second kappa shape index (κ2) is 13.5. The number of hydrogen-bond acceptors (Lipinski definition) is 7. The molecule has 0 aliphatic carbocycles. The van der Waals surface area contributed by atoms with Crippen LogP contribution in [0.4, 0.5) is 0 Å². The lowest BCUT2D eigenvalue weighted by Crippen LogP contribution is -2.42. The van der Waals surface area contributed by atoms with Crippen LogP contribution in [0.15, 0.2) is 78.9 Å². The minimum Gasteiger partial charge on any atom is -0.543 e. The minimum absolute atomic E-state index is 0.0485. The van der Waals surface area contributed by atoms with Gasteiger partial charge < -0.3 is 34.9 Å². The van der Waals surface area contributed by atoms with Gasteiger partial charge in [0.1, 0.15) is 0 Å². The minimum atomic E-state index is -2.19. The first-order valence-corrected chi connectivity index (χ1v) is 10.6. The van der Waals surface area contributed by atoms with Crippen molar-refractivity contribution in [2.45, 2.75) is 19.3 Å². The Morgan fingerprint density at radius 3 is 1.42 bits per heavy atom. The quantitative estimate of drug-likeness (QED) is 0.368. The zero-order chi connectivity index (χ0) is 24.1. The van der Waals surface area contributed by atoms with Crippen LogP contribution >= 0.6 is 0 Å². The fourth-order valence-electron chi connectivity index (χ4n) is 3.21. The second-order valence-electron chi connectivity index (χ2n) is 7.46. The van der Waals surface area contributed by atoms with Gasteiger partial charge in [0.15, 0.2) is 11.5 Å². The van der Waals surface area contributed by atoms with Gasteiger partial charge in [-0.2, -0.15) is 0 Å². The Balaban J connectivity index is 0.000000569. The highest BCUT2D eigenvalue weighted by Gasteiger charge is 2.08. The van der Waals surface area contributed by atoms with Crippen molar-refractivity contribution in [3.05, 3.63) is 95.6 Å². The molecule has 2 N–H and O–H groups in total. The third-order valence-electron chi connectivity index (χ3n) is 5.04. The molecule has 174 valence electrons. The number of phenols is 2. The van der Waals surface area contributed by atoms with E-state index in [-0.39, 0.29) is 11.5 Å². The summed E-state index contributed by atoms with van der Waals surface area (Å²) in [5, 5.41) is 37.0. The van der Waals surface area contributed by atoms with Gasteiger partial charge in [-0.3, -0.25) is 0 Å². The molecule has 7 nitrogen and oxygen atoms in total. The van der Waals surface area contributed by atoms with E-state index in [1.165, 1.54) is 11.1 Å². The number of benzene rings is 3. The Morgan fingerprint density at radius 2 is 1.03 bits per heavy atom. The zero-order valence-corrected chi connectivity index (χ0v) is 18.2. The first-order chi connectivity index (χ1) is 15.8. The van der Waals surface area contributed by atoms with Crippen LogP contribution in [0.5, 0.6) is 11.5 Å². The zero-order valence-electron chi connectivity index (χ0n) is 18.2. The first kappa shape index (κ1) is 25.4. The van der Waals surface area contributed by atoms with Gasteiger partial charge in [-0.25, -0.2) is 0 Å². The highest BCUT2D eigenvalue weighted by atomic mass is 16.4. The molecule has 0 aromatic heterocycles. The summed E-state index contributed by atoms with van der Waals surface area (Å²) >= 11 is 0. The Kier molecular flexibility index (Phi) is 10.4. The molecular weight excluding hydrogens is 422 g/mol. The average Bonchev–Trinajstić information content (AvgIpc) is 2.82. The summed E-state index contributed by atoms with van der Waals surface area (Å²) in [7, 11) is 0. The molecule has 0 radical (unpaired) electrons. The van der Waals surface area contributed by atoms with Crippen molar-refractivity contribution in [1.82, 2.24) is 4.90 Å². The van der Waals surface area contributed by atoms with Crippen molar-refractivity contribution in [3.63, 3.8) is 0 Å². The second-order valence-corrected chi connectivity index (χ2v) is 7.46. The van der Waals surface area contributed by atoms with Crippen molar-refractivity contribution in [3.8, 4) is 11.5 Å². The number of rotatable bonds is 9. The molecule has 0 fully saturated rings. The third-order valence-corrected chi connectivity index (χ3v) is 5.04. The molecule has 7 heteroatoms. The van der Waals surface area contributed by atoms with Crippen LogP contribution in [0.1, 0.15) is 16.7 Å². The molecule has 0 aliphatic rings. The number of carbonyl (C=O) groups is 2. The molecule has 0 saturated heterocycles. The van der Waals surface area contributed by atoms with Crippen LogP contribution in [0.2, 0.25) is 0 Å². The largest absolute Gasteiger partial charge is 0.543 e. The monoisotopic (exact) mass is 449 g/mol. The predicted molar refractivity (Wildman–Crippen MR) is 120 cm³/mol. The number of nitrogens with zero attached hydrogens (tertiary/aromatic N) is 1. The summed E-state index contributed by atoms with van der Waals surface area (Å²) in [6, 6.07) is 26.2. The standard InChI is InChI=1S/C24H27NO2.C2H2O4/c26-23-12-11-22(19-24(23)27)15-18-25(16-13-20-7-3-1-4-8-20)17-14-21-9-5-2-6-10-21;3-1(4)2(5)6/h1-12,19,26-27H,13-18H2;(H,3,4)(H,5,6)/p-2. The van der Waals surface area contributed by atoms with E-state index in [9.17, 15) is 10.2 Å². The van der Waals surface area contributed by atoms with E-state index in [2.05, 4.69) is 53.4 Å². The lowest BCUT2D eigenvalue weighted by atomic mass is 10.1. The predicted octanol–water partition coefficient (Wildman–Crippen LogP) is 0.914. The number of aliphatic carboxylic acids is 2. The summed E-state index contributed by atoms with van der Waals surface area (Å²) in [6.07, 6.45) is 2.89. The van der Waals surface area contributed by atoms with E-state index >= 15 is 0 Å². The van der Waals surface area contributed by atoms with E-state index in [1.54, 1.807) is 12.1 Å². The lowest BCUT2D eigenvalue weighted by molar-refractivity contribution is -0.345. The van der Waals surface area contributed by atoms with Crippen LogP contribution < -0.4 is 10.2 Å². The first-order valence-electron chi connectivity index (χ1n) is 10.6. The summed E-state index contributed by atoms with van der Waals surface area (Å²) < 4.78 is 0. The third kappa shape index (κ3) is 9.88. The molecule has 0 amide bonds. The Bertz CT molecular complexity index is 952. The molecular formula is C26H27NO6-2. The molecule has 0 bridgehead atoms. The topological polar surface area (TPSA) is 124 Å². The summed E-state index contributed by atoms with van der Waals surface area (Å²) in [5.41, 5.74) is 3.74. The molecule has 0 heterocycles. The van der Waals surface area contributed by atoms with E-state index in [4.69, 9.17) is 19.8 Å². The summed E-state index contributed by atoms with van der Waals surface area (Å²) in [5.74, 6) is -4.48. The normalized spacial score (nSPS) is 10.3. The maximum absolute atomic E-state index is 9.71. The molecule has 0 saturated carbocycles. The molecule has 0 spiro atoms. The molecule has 0 aliphatic heterocycles. The van der Waals surface area contributed by atoms with Crippen molar-refractivity contribution in [1.29, 1.82) is 0 Å². The molecule has 3 aromatic carbocycles. The van der Waals surface area contributed by atoms with E-state index < -0.39 is 11.9 Å². The van der Waals surface area contributed by atoms with Gasteiger partial charge in [0.05, 0.1) is 11.9 Å². The molecule has 33 heavy (non-hydrogen) atoms. The fraction of sp³-hybridized carbons (Fsp3) is 0.231. The van der Waals surface area contributed by atoms with Gasteiger partial charge in [0.25, 0.3) is 0 Å². The van der Waals surface area contributed by atoms with Gasteiger partial charge in [-0.15, -0.1) is 0 Å². The van der Waals surface area contributed by atoms with E-state index in [0.29, 0.717) is 0 Å². The maximum Gasteiger partial charge on any atom is 0.157 e. The van der Waals surface area contributed by atoms with Gasteiger partial charge in [0.2, 0.25) is 0 Å². The van der Waals surface area contributed by atoms with Gasteiger partial charge >= 0.3 is 0 Å². The van der Waals surface area contributed by atoms with Crippen molar-refractivity contribution >= 4 is 11.9 Å². The number of phenolic OH excluding ortho intramolecular Hbond substituents is 2. The number of aromatic hydroxyl groups is 2. The number of carboxylic acid groups (broad SMARTS) is 2. The summed E-state index contributed by atoms with van der Waals surface area (Å²) in [6.45, 7) is 2.92. The Labute approximate surface area is 193 Å². The molecule has 3 aromatic rings. The van der Waals surface area contributed by atoms with Crippen LogP contribution in [0.3, 0.4) is 0 Å². The van der Waals surface area contributed by atoms with Crippen LogP contribution in [-0.2, 0) is 28.9 Å². The van der Waals surface area contributed by atoms with Crippen LogP contribution in [-0.4, -0.2) is 46.7 Å². The van der Waals surface area contributed by atoms with Gasteiger partial charge in [-0.1, -0.05) is 66.7 Å². The number of carboxylic acids is 2. The van der Waals surface area contributed by atoms with Crippen molar-refractivity contribution < 1.29 is 30.0 Å². The number of carbonyl (C=O) groups excluding carboxylic acids is 2. The SMILES string of the molecule is O=C([O-])C(=O)[O-].Oc1ccc(CCN(CCc2ccccc2)CCc2ccccc2)cc1O. The Morgan fingerprint density at radius 1 is 0.606 bits per heavy atom. The lowest BCUT2D eigenvalue weighted by Gasteiger charge is -2.22. The Hall–Kier alpha value is -3.84. The van der Waals surface area contributed by atoms with E-state index in [0.717, 1.165) is 44.5 Å². The van der Waals surface area contributed by atoms with Crippen LogP contribution in [0, 0.1) is 0 Å². The molecule has 3 rings (SSSR count). The summed E-state index contributed by atoms with van der Waals surface area (Å²) in [4.78, 5) is 20.3. The smallest absolute Gasteiger partial charge is 0.157 e. The van der Waals surface area contributed by atoms with E-state index in [1.807, 2.05) is 18.2 Å². The van der Waals surface area contributed by atoms with Gasteiger partial charge in [0, 0.05) is 19.6 Å². The molecule has 0 atom stereocenters. The number of hydrogen-bond donors (Lipinski definition) is 2. The maximum atomic E-state index is 9.71. The highest BCUT2D eigenvalue weighted by molar-refractivity contribution is 6.25. The van der Waals surface area contributed by atoms with Crippen LogP contribution in [0.25, 0.3) is 0 Å². The van der Waals surface area contributed by atoms with Gasteiger partial charge in [-0.05, 0) is 48.1 Å². The fourth-order valence-corrected chi connectivity index (χ4v) is 3.21. The van der Waals surface area contributed by atoms with Crippen molar-refractivity contribution in [2.75, 3.05) is 19.6 Å². The average molecular weight is 450 g/mol. The molecule has 0 unspecified atom stereocenters. The highest BCUT2D eigenvalue weighted by Crippen LogP contribution is 2.25.